The number of rotatable bonds is 3. The molecular formula is C9H10BrNO2. The van der Waals surface area contributed by atoms with Gasteiger partial charge in [-0.1, -0.05) is 22.0 Å². The van der Waals surface area contributed by atoms with E-state index in [-0.39, 0.29) is 11.5 Å². The number of halogens is 1. The number of hydrogen-bond donors (Lipinski definition) is 0. The Morgan fingerprint density at radius 2 is 2.15 bits per heavy atom. The van der Waals surface area contributed by atoms with E-state index in [1.54, 1.807) is 0 Å². The van der Waals surface area contributed by atoms with E-state index < -0.39 is 0 Å². The van der Waals surface area contributed by atoms with Gasteiger partial charge in [0.2, 0.25) is 6.54 Å². The Labute approximate surface area is 85.0 Å². The molecule has 0 atom stereocenters. The van der Waals surface area contributed by atoms with Crippen molar-refractivity contribution in [2.75, 3.05) is 6.54 Å². The zero-order chi connectivity index (χ0) is 9.84. The van der Waals surface area contributed by atoms with Crippen molar-refractivity contribution in [1.82, 2.24) is 0 Å². The van der Waals surface area contributed by atoms with Crippen LogP contribution >= 0.6 is 15.9 Å². The van der Waals surface area contributed by atoms with Crippen molar-refractivity contribution in [2.45, 2.75) is 13.3 Å². The molecule has 0 aliphatic heterocycles. The third-order valence-electron chi connectivity index (χ3n) is 1.68. The van der Waals surface area contributed by atoms with Gasteiger partial charge in [0, 0.05) is 15.8 Å². The molecule has 1 aromatic carbocycles. The van der Waals surface area contributed by atoms with Gasteiger partial charge in [0.25, 0.3) is 0 Å². The lowest BCUT2D eigenvalue weighted by molar-refractivity contribution is -0.479. The van der Waals surface area contributed by atoms with Crippen molar-refractivity contribution >= 4 is 15.9 Å². The van der Waals surface area contributed by atoms with Crippen LogP contribution in [0.1, 0.15) is 11.1 Å². The monoisotopic (exact) mass is 243 g/mol. The molecule has 1 aromatic rings. The molecule has 0 spiro atoms. The zero-order valence-electron chi connectivity index (χ0n) is 7.29. The molecule has 0 amide bonds. The van der Waals surface area contributed by atoms with Crippen LogP contribution in [0.4, 0.5) is 0 Å². The Kier molecular flexibility index (Phi) is 3.42. The minimum absolute atomic E-state index is 0.00407. The summed E-state index contributed by atoms with van der Waals surface area (Å²) >= 11 is 3.35. The van der Waals surface area contributed by atoms with Crippen molar-refractivity contribution in [3.05, 3.63) is 43.9 Å². The predicted octanol–water partition coefficient (Wildman–Crippen LogP) is 2.58. The third kappa shape index (κ3) is 3.55. The van der Waals surface area contributed by atoms with Gasteiger partial charge >= 0.3 is 0 Å². The van der Waals surface area contributed by atoms with E-state index in [1.807, 2.05) is 25.1 Å². The Morgan fingerprint density at radius 1 is 1.46 bits per heavy atom. The van der Waals surface area contributed by atoms with Gasteiger partial charge < -0.3 is 0 Å². The highest BCUT2D eigenvalue weighted by molar-refractivity contribution is 9.10. The highest BCUT2D eigenvalue weighted by atomic mass is 79.9. The van der Waals surface area contributed by atoms with Crippen molar-refractivity contribution in [3.63, 3.8) is 0 Å². The zero-order valence-corrected chi connectivity index (χ0v) is 8.87. The molecule has 0 saturated carbocycles. The average molecular weight is 244 g/mol. The first-order valence-corrected chi connectivity index (χ1v) is 4.75. The second-order valence-electron chi connectivity index (χ2n) is 2.94. The van der Waals surface area contributed by atoms with Crippen molar-refractivity contribution in [2.24, 2.45) is 0 Å². The summed E-state index contributed by atoms with van der Waals surface area (Å²) in [6.07, 6.45) is 0.493. The van der Waals surface area contributed by atoms with Gasteiger partial charge in [0.1, 0.15) is 0 Å². The molecule has 13 heavy (non-hydrogen) atoms. The van der Waals surface area contributed by atoms with Crippen LogP contribution in [-0.4, -0.2) is 11.5 Å². The second kappa shape index (κ2) is 4.37. The average Bonchev–Trinajstić information content (AvgIpc) is 1.99. The van der Waals surface area contributed by atoms with Gasteiger partial charge in [-0.05, 0) is 30.2 Å². The molecular weight excluding hydrogens is 234 g/mol. The molecule has 0 aromatic heterocycles. The number of benzene rings is 1. The highest BCUT2D eigenvalue weighted by Gasteiger charge is 2.01. The second-order valence-corrected chi connectivity index (χ2v) is 3.86. The van der Waals surface area contributed by atoms with Gasteiger partial charge in [-0.2, -0.15) is 0 Å². The number of nitro groups is 1. The largest absolute Gasteiger partial charge is 0.265 e. The first-order valence-electron chi connectivity index (χ1n) is 3.96. The number of aryl methyl sites for hydroxylation is 1. The Hall–Kier alpha value is -0.900. The maximum absolute atomic E-state index is 10.1. The summed E-state index contributed by atoms with van der Waals surface area (Å²) in [5.41, 5.74) is 2.12. The van der Waals surface area contributed by atoms with Gasteiger partial charge in [0.15, 0.2) is 0 Å². The minimum atomic E-state index is -0.295. The van der Waals surface area contributed by atoms with Crippen LogP contribution in [0, 0.1) is 17.0 Å². The fraction of sp³-hybridized carbons (Fsp3) is 0.333. The van der Waals surface area contributed by atoms with E-state index in [1.165, 1.54) is 0 Å². The van der Waals surface area contributed by atoms with E-state index >= 15 is 0 Å². The molecule has 0 saturated heterocycles. The van der Waals surface area contributed by atoms with Crippen LogP contribution in [0.3, 0.4) is 0 Å². The standard InChI is InChI=1S/C9H10BrNO2/c1-7-4-8(2-3-11(12)13)6-9(10)5-7/h4-6H,2-3H2,1H3. The van der Waals surface area contributed by atoms with Crippen LogP contribution < -0.4 is 0 Å². The fourth-order valence-corrected chi connectivity index (χ4v) is 1.83. The molecule has 4 heteroatoms. The molecule has 0 bridgehead atoms. The number of hydrogen-bond acceptors (Lipinski definition) is 2. The molecule has 0 unspecified atom stereocenters. The fourth-order valence-electron chi connectivity index (χ4n) is 1.18. The molecule has 70 valence electrons. The van der Waals surface area contributed by atoms with Crippen LogP contribution in [0.25, 0.3) is 0 Å². The summed E-state index contributed by atoms with van der Waals surface area (Å²) in [6, 6.07) is 5.86. The summed E-state index contributed by atoms with van der Waals surface area (Å²) in [5, 5.41) is 10.1. The molecule has 1 rings (SSSR count). The Balaban J connectivity index is 2.71. The highest BCUT2D eigenvalue weighted by Crippen LogP contribution is 2.15. The van der Waals surface area contributed by atoms with Crippen LogP contribution in [-0.2, 0) is 6.42 Å². The summed E-state index contributed by atoms with van der Waals surface area (Å²) in [7, 11) is 0. The lowest BCUT2D eigenvalue weighted by atomic mass is 10.1. The van der Waals surface area contributed by atoms with E-state index in [4.69, 9.17) is 0 Å². The van der Waals surface area contributed by atoms with Crippen LogP contribution in [0.15, 0.2) is 22.7 Å². The summed E-state index contributed by atoms with van der Waals surface area (Å²) in [5.74, 6) is 0. The SMILES string of the molecule is Cc1cc(Br)cc(CC[N+](=O)[O-])c1. The van der Waals surface area contributed by atoms with Gasteiger partial charge in [-0.3, -0.25) is 10.1 Å². The van der Waals surface area contributed by atoms with Crippen LogP contribution in [0.5, 0.6) is 0 Å². The number of nitrogens with zero attached hydrogens (tertiary/aromatic N) is 1. The molecule has 0 N–H and O–H groups in total. The maximum atomic E-state index is 10.1. The van der Waals surface area contributed by atoms with Crippen molar-refractivity contribution in [3.8, 4) is 0 Å². The summed E-state index contributed by atoms with van der Waals surface area (Å²) in [4.78, 5) is 9.84. The Morgan fingerprint density at radius 3 is 2.69 bits per heavy atom. The van der Waals surface area contributed by atoms with E-state index in [9.17, 15) is 10.1 Å². The molecule has 0 aliphatic rings. The summed E-state index contributed by atoms with van der Waals surface area (Å²) < 4.78 is 0.978. The van der Waals surface area contributed by atoms with Crippen molar-refractivity contribution < 1.29 is 4.92 Å². The van der Waals surface area contributed by atoms with E-state index in [2.05, 4.69) is 15.9 Å². The van der Waals surface area contributed by atoms with Crippen LogP contribution in [0.2, 0.25) is 0 Å². The van der Waals surface area contributed by atoms with Crippen molar-refractivity contribution in [1.29, 1.82) is 0 Å². The molecule has 0 fully saturated rings. The summed E-state index contributed by atoms with van der Waals surface area (Å²) in [6.45, 7) is 1.97. The maximum Gasteiger partial charge on any atom is 0.207 e. The molecule has 0 heterocycles. The lowest BCUT2D eigenvalue weighted by Crippen LogP contribution is -2.03. The lowest BCUT2D eigenvalue weighted by Gasteiger charge is -2.00. The van der Waals surface area contributed by atoms with Gasteiger partial charge in [0.05, 0.1) is 0 Å². The van der Waals surface area contributed by atoms with Gasteiger partial charge in [-0.25, -0.2) is 0 Å². The first kappa shape index (κ1) is 10.2. The van der Waals surface area contributed by atoms with E-state index in [0.717, 1.165) is 15.6 Å². The normalized spacial score (nSPS) is 10.0. The molecule has 3 nitrogen and oxygen atoms in total. The Bertz CT molecular complexity index is 305. The van der Waals surface area contributed by atoms with E-state index in [0.29, 0.717) is 6.42 Å². The molecule has 0 aliphatic carbocycles. The first-order chi connectivity index (χ1) is 6.08. The smallest absolute Gasteiger partial charge is 0.207 e. The third-order valence-corrected chi connectivity index (χ3v) is 2.14. The topological polar surface area (TPSA) is 43.1 Å². The van der Waals surface area contributed by atoms with Gasteiger partial charge in [-0.15, -0.1) is 0 Å². The quantitative estimate of drug-likeness (QED) is 0.605. The predicted molar refractivity (Wildman–Crippen MR) is 54.4 cm³/mol. The minimum Gasteiger partial charge on any atom is -0.265 e. The molecule has 0 radical (unpaired) electrons.